The van der Waals surface area contributed by atoms with Gasteiger partial charge in [0.2, 0.25) is 10.0 Å². The molecule has 1 fully saturated rings. The van der Waals surface area contributed by atoms with Crippen LogP contribution in [-0.4, -0.2) is 23.9 Å². The lowest BCUT2D eigenvalue weighted by molar-refractivity contribution is 0.0410. The molecule has 3 aromatic rings. The lowest BCUT2D eigenvalue weighted by Gasteiger charge is -2.44. The maximum atomic E-state index is 14.0. The molecule has 1 aliphatic carbocycles. The molecule has 1 saturated carbocycles. The van der Waals surface area contributed by atoms with Crippen molar-refractivity contribution in [2.75, 3.05) is 0 Å². The summed E-state index contributed by atoms with van der Waals surface area (Å²) < 4.78 is 55.4. The third kappa shape index (κ3) is 7.66. The Balaban J connectivity index is 1.74. The highest BCUT2D eigenvalue weighted by Crippen LogP contribution is 2.47. The lowest BCUT2D eigenvalue weighted by atomic mass is 9.60. The second kappa shape index (κ2) is 14.2. The van der Waals surface area contributed by atoms with Crippen molar-refractivity contribution in [3.8, 4) is 0 Å². The first-order valence-corrected chi connectivity index (χ1v) is 17.9. The zero-order chi connectivity index (χ0) is 31.3. The lowest BCUT2D eigenvalue weighted by Crippen LogP contribution is -2.48. The summed E-state index contributed by atoms with van der Waals surface area (Å²) in [5.74, 6) is 0.293. The maximum Gasteiger partial charge on any atom is 0.285 e. The Bertz CT molecular complexity index is 1510. The van der Waals surface area contributed by atoms with Crippen LogP contribution in [0.5, 0.6) is 0 Å². The SMILES string of the molecule is CCC(CC)(O[S@](=O)/N=C(\CC(C)C)C1(c2ccc(Cl)cc2)CCC1)[C@H](NS(=O)(=O)c1ccc(C)cc1)c1ccccc1. The van der Waals surface area contributed by atoms with E-state index < -0.39 is 32.9 Å². The molecule has 4 rings (SSSR count). The number of nitrogens with one attached hydrogen (secondary N) is 1. The van der Waals surface area contributed by atoms with E-state index in [0.717, 1.165) is 41.7 Å². The first-order valence-electron chi connectivity index (χ1n) is 15.0. The normalized spacial score (nSPS) is 17.0. The number of sulfonamides is 1. The maximum absolute atomic E-state index is 14.0. The van der Waals surface area contributed by atoms with Gasteiger partial charge in [-0.2, -0.15) is 4.40 Å². The fourth-order valence-electron chi connectivity index (χ4n) is 5.89. The minimum absolute atomic E-state index is 0.161. The highest BCUT2D eigenvalue weighted by atomic mass is 35.5. The molecule has 0 aromatic heterocycles. The van der Waals surface area contributed by atoms with Gasteiger partial charge in [-0.3, -0.25) is 4.18 Å². The van der Waals surface area contributed by atoms with Crippen LogP contribution in [0.3, 0.4) is 0 Å². The van der Waals surface area contributed by atoms with E-state index in [4.69, 9.17) is 20.2 Å². The summed E-state index contributed by atoms with van der Waals surface area (Å²) in [5, 5.41) is 0.670. The Kier molecular flexibility index (Phi) is 11.0. The highest BCUT2D eigenvalue weighted by molar-refractivity contribution is 7.89. The summed E-state index contributed by atoms with van der Waals surface area (Å²) in [5.41, 5.74) is 2.20. The average molecular weight is 643 g/mol. The molecule has 9 heteroatoms. The van der Waals surface area contributed by atoms with Crippen LogP contribution in [0.15, 0.2) is 88.2 Å². The first kappa shape index (κ1) is 33.5. The van der Waals surface area contributed by atoms with Crippen molar-refractivity contribution in [3.05, 3.63) is 101 Å². The van der Waals surface area contributed by atoms with E-state index in [9.17, 15) is 12.6 Å². The van der Waals surface area contributed by atoms with Crippen LogP contribution in [0.4, 0.5) is 0 Å². The van der Waals surface area contributed by atoms with Gasteiger partial charge in [-0.25, -0.2) is 17.3 Å². The molecule has 1 aliphatic rings. The van der Waals surface area contributed by atoms with Gasteiger partial charge in [-0.15, -0.1) is 0 Å². The fraction of sp³-hybridized carbons (Fsp3) is 0.441. The molecule has 0 amide bonds. The Hall–Kier alpha value is -2.36. The predicted octanol–water partition coefficient (Wildman–Crippen LogP) is 8.43. The van der Waals surface area contributed by atoms with Crippen LogP contribution in [0.2, 0.25) is 5.02 Å². The van der Waals surface area contributed by atoms with Crippen molar-refractivity contribution in [3.63, 3.8) is 0 Å². The summed E-state index contributed by atoms with van der Waals surface area (Å²) in [6.07, 6.45) is 4.36. The number of hydrogen-bond donors (Lipinski definition) is 1. The van der Waals surface area contributed by atoms with Crippen molar-refractivity contribution < 1.29 is 16.8 Å². The Morgan fingerprint density at radius 3 is 2.12 bits per heavy atom. The van der Waals surface area contributed by atoms with Gasteiger partial charge in [-0.1, -0.05) is 106 Å². The van der Waals surface area contributed by atoms with Crippen molar-refractivity contribution in [1.82, 2.24) is 4.72 Å². The summed E-state index contributed by atoms with van der Waals surface area (Å²) >= 11 is 4.13. The van der Waals surface area contributed by atoms with Crippen LogP contribution in [0.1, 0.15) is 89.0 Å². The molecule has 2 atom stereocenters. The second-order valence-electron chi connectivity index (χ2n) is 11.9. The average Bonchev–Trinajstić information content (AvgIpc) is 2.95. The van der Waals surface area contributed by atoms with Crippen molar-refractivity contribution in [2.45, 2.75) is 95.1 Å². The van der Waals surface area contributed by atoms with Gasteiger partial charge in [0.1, 0.15) is 5.60 Å². The molecular formula is C34H43ClN2O4S2. The summed E-state index contributed by atoms with van der Waals surface area (Å²) in [4.78, 5) is 0.161. The summed E-state index contributed by atoms with van der Waals surface area (Å²) in [6.45, 7) is 10.0. The molecule has 3 aromatic carbocycles. The third-order valence-electron chi connectivity index (χ3n) is 8.64. The van der Waals surface area contributed by atoms with E-state index >= 15 is 0 Å². The van der Waals surface area contributed by atoms with Crippen molar-refractivity contribution >= 4 is 38.6 Å². The highest BCUT2D eigenvalue weighted by Gasteiger charge is 2.46. The molecule has 0 spiro atoms. The van der Waals surface area contributed by atoms with E-state index in [-0.39, 0.29) is 10.3 Å². The minimum atomic E-state index is -3.94. The first-order chi connectivity index (χ1) is 20.4. The monoisotopic (exact) mass is 642 g/mol. The molecule has 0 saturated heterocycles. The number of halogens is 1. The molecule has 0 heterocycles. The van der Waals surface area contributed by atoms with Gasteiger partial charge in [0, 0.05) is 16.1 Å². The van der Waals surface area contributed by atoms with Gasteiger partial charge in [0.25, 0.3) is 11.3 Å². The number of benzene rings is 3. The van der Waals surface area contributed by atoms with Crippen LogP contribution < -0.4 is 4.72 Å². The van der Waals surface area contributed by atoms with E-state index in [2.05, 4.69) is 18.6 Å². The number of nitrogens with zero attached hydrogens (tertiary/aromatic N) is 1. The zero-order valence-electron chi connectivity index (χ0n) is 25.7. The van der Waals surface area contributed by atoms with Crippen LogP contribution in [0, 0.1) is 12.8 Å². The van der Waals surface area contributed by atoms with E-state index in [1.54, 1.807) is 24.3 Å². The molecule has 43 heavy (non-hydrogen) atoms. The van der Waals surface area contributed by atoms with Crippen LogP contribution in [-0.2, 0) is 30.9 Å². The smallest absolute Gasteiger partial charge is 0.264 e. The zero-order valence-corrected chi connectivity index (χ0v) is 28.1. The predicted molar refractivity (Wildman–Crippen MR) is 177 cm³/mol. The third-order valence-corrected chi connectivity index (χ3v) is 11.2. The van der Waals surface area contributed by atoms with Crippen molar-refractivity contribution in [1.29, 1.82) is 0 Å². The van der Waals surface area contributed by atoms with E-state index in [1.165, 1.54) is 0 Å². The topological polar surface area (TPSA) is 84.8 Å². The standard InChI is InChI=1S/C34H43ClN2O4S2/c1-6-34(7-2,32(27-12-9-8-10-13-27)37-43(39,40)30-20-14-26(5)15-21-30)41-42(38)36-31(24-25(3)4)33(22-11-23-33)28-16-18-29(35)19-17-28/h8-10,12-21,25,32,37H,6-7,11,22-24H2,1-5H3/b36-31+/t32-,42+/m1/s1. The second-order valence-corrected chi connectivity index (χ2v) is 14.9. The molecule has 0 unspecified atom stereocenters. The summed E-state index contributed by atoms with van der Waals surface area (Å²) in [6, 6.07) is 23.1. The molecular weight excluding hydrogens is 600 g/mol. The molecule has 1 N–H and O–H groups in total. The van der Waals surface area contributed by atoms with Gasteiger partial charge >= 0.3 is 0 Å². The van der Waals surface area contributed by atoms with Crippen LogP contribution >= 0.6 is 11.6 Å². The minimum Gasteiger partial charge on any atom is -0.264 e. The van der Waals surface area contributed by atoms with Gasteiger partial charge in [0.15, 0.2) is 0 Å². The Labute approximate surface area is 265 Å². The molecule has 0 aliphatic heterocycles. The van der Waals surface area contributed by atoms with E-state index in [1.807, 2.05) is 75.4 Å². The molecule has 0 radical (unpaired) electrons. The molecule has 232 valence electrons. The fourth-order valence-corrected chi connectivity index (χ4v) is 8.39. The van der Waals surface area contributed by atoms with E-state index in [0.29, 0.717) is 30.2 Å². The number of rotatable bonds is 14. The van der Waals surface area contributed by atoms with Gasteiger partial charge in [-0.05, 0) is 80.3 Å². The van der Waals surface area contributed by atoms with Gasteiger partial charge < -0.3 is 0 Å². The van der Waals surface area contributed by atoms with Crippen LogP contribution in [0.25, 0.3) is 0 Å². The Morgan fingerprint density at radius 2 is 1.60 bits per heavy atom. The van der Waals surface area contributed by atoms with Gasteiger partial charge in [0.05, 0.1) is 10.9 Å². The van der Waals surface area contributed by atoms with Crippen molar-refractivity contribution in [2.24, 2.45) is 10.3 Å². The summed E-state index contributed by atoms with van der Waals surface area (Å²) in [7, 11) is -3.94. The number of hydrogen-bond acceptors (Lipinski definition) is 4. The largest absolute Gasteiger partial charge is 0.285 e. The quantitative estimate of drug-likeness (QED) is 0.179. The Morgan fingerprint density at radius 1 is 1.00 bits per heavy atom. The number of aryl methyl sites for hydroxylation is 1. The molecule has 6 nitrogen and oxygen atoms in total. The molecule has 0 bridgehead atoms.